The number of hydrogen-bond acceptors (Lipinski definition) is 3. The standard InChI is InChI=1S/C21H17F3N4O/c22-15-4-5-17(19(24)18(15)23)28-9-13-14(10-28)20(13)27-21(29)26-16-3-1-2-11-8-25-7-6-12(11)16/h1-8,13-14,20H,9-10H2,(H2,26,27,29). The van der Waals surface area contributed by atoms with E-state index in [0.29, 0.717) is 18.8 Å². The van der Waals surface area contributed by atoms with Crippen molar-refractivity contribution in [1.29, 1.82) is 0 Å². The molecule has 2 N–H and O–H groups in total. The number of nitrogens with zero attached hydrogens (tertiary/aromatic N) is 2. The van der Waals surface area contributed by atoms with Crippen LogP contribution in [0.15, 0.2) is 48.8 Å². The van der Waals surface area contributed by atoms with Gasteiger partial charge < -0.3 is 15.5 Å². The Labute approximate surface area is 164 Å². The molecule has 2 aromatic carbocycles. The summed E-state index contributed by atoms with van der Waals surface area (Å²) in [7, 11) is 0. The highest BCUT2D eigenvalue weighted by molar-refractivity contribution is 6.01. The second-order valence-electron chi connectivity index (χ2n) is 7.45. The van der Waals surface area contributed by atoms with Crippen molar-refractivity contribution in [3.63, 3.8) is 0 Å². The minimum atomic E-state index is -1.46. The Morgan fingerprint density at radius 3 is 2.62 bits per heavy atom. The first-order valence-corrected chi connectivity index (χ1v) is 9.31. The number of urea groups is 1. The number of pyridine rings is 1. The van der Waals surface area contributed by atoms with E-state index in [-0.39, 0.29) is 29.6 Å². The lowest BCUT2D eigenvalue weighted by atomic mass is 10.1. The molecule has 1 aliphatic heterocycles. The van der Waals surface area contributed by atoms with Gasteiger partial charge in [0.2, 0.25) is 0 Å². The molecule has 2 atom stereocenters. The van der Waals surface area contributed by atoms with E-state index < -0.39 is 17.5 Å². The summed E-state index contributed by atoms with van der Waals surface area (Å²) in [5, 5.41) is 7.65. The van der Waals surface area contributed by atoms with Gasteiger partial charge in [-0.05, 0) is 24.3 Å². The molecule has 3 aromatic rings. The lowest BCUT2D eigenvalue weighted by molar-refractivity contribution is 0.250. The van der Waals surface area contributed by atoms with Crippen molar-refractivity contribution >= 4 is 28.2 Å². The Bertz CT molecular complexity index is 1110. The number of halogens is 3. The number of aromatic nitrogens is 1. The molecule has 0 radical (unpaired) electrons. The predicted molar refractivity (Wildman–Crippen MR) is 103 cm³/mol. The SMILES string of the molecule is O=C(Nc1cccc2cnccc12)NC1C2CN(c3ccc(F)c(F)c3F)CC21. The maximum absolute atomic E-state index is 14.0. The van der Waals surface area contributed by atoms with Crippen molar-refractivity contribution in [2.75, 3.05) is 23.3 Å². The van der Waals surface area contributed by atoms with Gasteiger partial charge in [-0.15, -0.1) is 0 Å². The molecule has 29 heavy (non-hydrogen) atoms. The number of carbonyl (C=O) groups is 1. The summed E-state index contributed by atoms with van der Waals surface area (Å²) in [6.07, 6.45) is 3.40. The zero-order valence-corrected chi connectivity index (χ0v) is 15.2. The zero-order chi connectivity index (χ0) is 20.1. The number of nitrogens with one attached hydrogen (secondary N) is 2. The van der Waals surface area contributed by atoms with Gasteiger partial charge in [0.25, 0.3) is 0 Å². The molecule has 5 nitrogen and oxygen atoms in total. The number of piperidine rings is 1. The van der Waals surface area contributed by atoms with Crippen molar-refractivity contribution in [2.24, 2.45) is 11.8 Å². The zero-order valence-electron chi connectivity index (χ0n) is 15.2. The fourth-order valence-electron chi connectivity index (χ4n) is 4.24. The van der Waals surface area contributed by atoms with Gasteiger partial charge >= 0.3 is 6.03 Å². The van der Waals surface area contributed by atoms with Gasteiger partial charge in [-0.1, -0.05) is 12.1 Å². The van der Waals surface area contributed by atoms with Gasteiger partial charge in [0.15, 0.2) is 17.5 Å². The first-order valence-electron chi connectivity index (χ1n) is 9.31. The molecular formula is C21H17F3N4O. The van der Waals surface area contributed by atoms with Gasteiger partial charge in [0.1, 0.15) is 0 Å². The van der Waals surface area contributed by atoms with Crippen LogP contribution in [0.4, 0.5) is 29.3 Å². The summed E-state index contributed by atoms with van der Waals surface area (Å²) >= 11 is 0. The normalized spacial score (nSPS) is 22.4. The molecule has 1 saturated heterocycles. The van der Waals surface area contributed by atoms with Crippen LogP contribution in [0.3, 0.4) is 0 Å². The minimum Gasteiger partial charge on any atom is -0.368 e. The Kier molecular flexibility index (Phi) is 4.08. The molecule has 2 aliphatic rings. The van der Waals surface area contributed by atoms with Crippen LogP contribution >= 0.6 is 0 Å². The van der Waals surface area contributed by atoms with E-state index in [4.69, 9.17) is 0 Å². The third-order valence-corrected chi connectivity index (χ3v) is 5.78. The first-order chi connectivity index (χ1) is 14.0. The molecule has 8 heteroatoms. The van der Waals surface area contributed by atoms with Gasteiger partial charge in [0.05, 0.1) is 11.4 Å². The van der Waals surface area contributed by atoms with E-state index >= 15 is 0 Å². The average Bonchev–Trinajstić information content (AvgIpc) is 3.15. The highest BCUT2D eigenvalue weighted by Gasteiger charge is 2.56. The fraction of sp³-hybridized carbons (Fsp3) is 0.238. The van der Waals surface area contributed by atoms with Crippen LogP contribution < -0.4 is 15.5 Å². The van der Waals surface area contributed by atoms with Gasteiger partial charge in [0, 0.05) is 54.1 Å². The fourth-order valence-corrected chi connectivity index (χ4v) is 4.24. The van der Waals surface area contributed by atoms with Crippen LogP contribution in [0.1, 0.15) is 0 Å². The molecule has 0 bridgehead atoms. The van der Waals surface area contributed by atoms with Crippen molar-refractivity contribution in [3.05, 3.63) is 66.2 Å². The summed E-state index contributed by atoms with van der Waals surface area (Å²) in [6.45, 7) is 0.967. The summed E-state index contributed by atoms with van der Waals surface area (Å²) in [4.78, 5) is 18.2. The highest BCUT2D eigenvalue weighted by atomic mass is 19.2. The van der Waals surface area contributed by atoms with Gasteiger partial charge in [-0.25, -0.2) is 18.0 Å². The highest BCUT2D eigenvalue weighted by Crippen LogP contribution is 2.47. The Morgan fingerprint density at radius 2 is 1.83 bits per heavy atom. The molecule has 1 aromatic heterocycles. The van der Waals surface area contributed by atoms with Crippen molar-refractivity contribution in [2.45, 2.75) is 6.04 Å². The summed E-state index contributed by atoms with van der Waals surface area (Å²) < 4.78 is 40.6. The Hall–Kier alpha value is -3.29. The second kappa shape index (κ2) is 6.65. The summed E-state index contributed by atoms with van der Waals surface area (Å²) in [5.74, 6) is -3.51. The maximum Gasteiger partial charge on any atom is 0.319 e. The Morgan fingerprint density at radius 1 is 1.03 bits per heavy atom. The van der Waals surface area contributed by atoms with Crippen LogP contribution in [-0.2, 0) is 0 Å². The number of benzene rings is 2. The quantitative estimate of drug-likeness (QED) is 0.658. The molecule has 1 aliphatic carbocycles. The van der Waals surface area contributed by atoms with E-state index in [1.54, 1.807) is 17.3 Å². The number of hydrogen-bond donors (Lipinski definition) is 2. The number of fused-ring (bicyclic) bond motifs is 2. The molecule has 2 unspecified atom stereocenters. The second-order valence-corrected chi connectivity index (χ2v) is 7.45. The number of rotatable bonds is 3. The molecule has 0 spiro atoms. The van der Waals surface area contributed by atoms with E-state index in [1.165, 1.54) is 6.07 Å². The van der Waals surface area contributed by atoms with Crippen molar-refractivity contribution in [3.8, 4) is 0 Å². The smallest absolute Gasteiger partial charge is 0.319 e. The maximum atomic E-state index is 14.0. The van der Waals surface area contributed by atoms with Crippen LogP contribution in [-0.4, -0.2) is 30.1 Å². The molecule has 2 heterocycles. The first kappa shape index (κ1) is 17.8. The van der Waals surface area contributed by atoms with Gasteiger partial charge in [-0.2, -0.15) is 0 Å². The average molecular weight is 398 g/mol. The van der Waals surface area contributed by atoms with Crippen LogP contribution in [0.5, 0.6) is 0 Å². The summed E-state index contributed by atoms with van der Waals surface area (Å²) in [5.41, 5.74) is 0.752. The van der Waals surface area contributed by atoms with Crippen LogP contribution in [0, 0.1) is 29.3 Å². The van der Waals surface area contributed by atoms with E-state index in [9.17, 15) is 18.0 Å². The topological polar surface area (TPSA) is 57.3 Å². The molecule has 2 fully saturated rings. The molecule has 1 saturated carbocycles. The minimum absolute atomic E-state index is 0.0174. The lowest BCUT2D eigenvalue weighted by Crippen LogP contribution is -2.37. The molecule has 5 rings (SSSR count). The molecular weight excluding hydrogens is 381 g/mol. The lowest BCUT2D eigenvalue weighted by Gasteiger charge is -2.23. The number of anilines is 2. The van der Waals surface area contributed by atoms with E-state index in [0.717, 1.165) is 16.8 Å². The van der Waals surface area contributed by atoms with Gasteiger partial charge in [-0.3, -0.25) is 4.98 Å². The Balaban J connectivity index is 1.22. The third kappa shape index (κ3) is 3.04. The molecule has 2 amide bonds. The van der Waals surface area contributed by atoms with Crippen LogP contribution in [0.25, 0.3) is 10.8 Å². The third-order valence-electron chi connectivity index (χ3n) is 5.78. The summed E-state index contributed by atoms with van der Waals surface area (Å²) in [6, 6.07) is 9.29. The van der Waals surface area contributed by atoms with Crippen LogP contribution in [0.2, 0.25) is 0 Å². The molecule has 148 valence electrons. The van der Waals surface area contributed by atoms with Crippen molar-refractivity contribution in [1.82, 2.24) is 10.3 Å². The predicted octanol–water partition coefficient (Wildman–Crippen LogP) is 3.91. The number of amides is 2. The van der Waals surface area contributed by atoms with E-state index in [2.05, 4.69) is 15.6 Å². The largest absolute Gasteiger partial charge is 0.368 e. The monoisotopic (exact) mass is 398 g/mol. The van der Waals surface area contributed by atoms with Crippen molar-refractivity contribution < 1.29 is 18.0 Å². The van der Waals surface area contributed by atoms with E-state index in [1.807, 2.05) is 24.3 Å². The number of carbonyl (C=O) groups excluding carboxylic acids is 1.